The summed E-state index contributed by atoms with van der Waals surface area (Å²) in [5.74, 6) is -0.593. The Morgan fingerprint density at radius 2 is 1.69 bits per heavy atom. The molecule has 2 aliphatic rings. The van der Waals surface area contributed by atoms with Crippen LogP contribution in [0.5, 0.6) is 17.2 Å². The molecule has 2 aromatic rings. The molecule has 2 aromatic carbocycles. The minimum atomic E-state index is -0.495. The summed E-state index contributed by atoms with van der Waals surface area (Å²) < 4.78 is 22.4. The van der Waals surface area contributed by atoms with Crippen molar-refractivity contribution in [2.24, 2.45) is 0 Å². The van der Waals surface area contributed by atoms with Crippen LogP contribution in [0, 0.1) is 0 Å². The van der Waals surface area contributed by atoms with Crippen LogP contribution in [0.2, 0.25) is 0 Å². The van der Waals surface area contributed by atoms with Gasteiger partial charge in [0, 0.05) is 6.54 Å². The lowest BCUT2D eigenvalue weighted by Crippen LogP contribution is -2.51. The van der Waals surface area contributed by atoms with Crippen LogP contribution >= 0.6 is 0 Å². The van der Waals surface area contributed by atoms with Crippen LogP contribution in [-0.4, -0.2) is 86.5 Å². The number of benzene rings is 2. The molecular weight excluding hydrogens is 456 g/mol. The number of morpholine rings is 1. The van der Waals surface area contributed by atoms with Crippen LogP contribution in [0.3, 0.4) is 0 Å². The average molecular weight is 482 g/mol. The average Bonchev–Trinajstić information content (AvgIpc) is 3.11. The fourth-order valence-corrected chi connectivity index (χ4v) is 4.16. The van der Waals surface area contributed by atoms with Crippen molar-refractivity contribution < 1.29 is 38.1 Å². The minimum absolute atomic E-state index is 0.0423. The third kappa shape index (κ3) is 4.69. The standard InChI is InChI=1S/C25H26N2O8/c1-15(28)17-8-9-20(32-2)23(33-3)22(17)35-14-16-12-26(10-11-34-16)21(29)13-27-24(30)18-6-4-5-7-19(18)25(27)31/h4-9,16H,10-14H2,1-3H3. The van der Waals surface area contributed by atoms with Gasteiger partial charge in [-0.1, -0.05) is 12.1 Å². The Labute approximate surface area is 202 Å². The molecular formula is C25H26N2O8. The van der Waals surface area contributed by atoms with E-state index in [0.717, 1.165) is 4.90 Å². The summed E-state index contributed by atoms with van der Waals surface area (Å²) in [4.78, 5) is 52.7. The number of rotatable bonds is 8. The molecule has 4 rings (SSSR count). The first kappa shape index (κ1) is 24.2. The van der Waals surface area contributed by atoms with E-state index in [4.69, 9.17) is 18.9 Å². The van der Waals surface area contributed by atoms with Crippen LogP contribution < -0.4 is 14.2 Å². The highest BCUT2D eigenvalue weighted by molar-refractivity contribution is 6.22. The van der Waals surface area contributed by atoms with Gasteiger partial charge < -0.3 is 23.8 Å². The number of amides is 3. The molecule has 184 valence electrons. The summed E-state index contributed by atoms with van der Waals surface area (Å²) in [7, 11) is 2.93. The highest BCUT2D eigenvalue weighted by atomic mass is 16.6. The van der Waals surface area contributed by atoms with Gasteiger partial charge in [0.05, 0.1) is 44.1 Å². The van der Waals surface area contributed by atoms with Gasteiger partial charge in [-0.3, -0.25) is 24.1 Å². The van der Waals surface area contributed by atoms with Crippen LogP contribution in [0.1, 0.15) is 38.0 Å². The number of hydrogen-bond acceptors (Lipinski definition) is 8. The van der Waals surface area contributed by atoms with Crippen LogP contribution in [0.15, 0.2) is 36.4 Å². The Morgan fingerprint density at radius 3 is 2.29 bits per heavy atom. The topological polar surface area (TPSA) is 112 Å². The molecule has 0 N–H and O–H groups in total. The van der Waals surface area contributed by atoms with Gasteiger partial charge >= 0.3 is 0 Å². The van der Waals surface area contributed by atoms with Gasteiger partial charge in [-0.25, -0.2) is 0 Å². The van der Waals surface area contributed by atoms with Gasteiger partial charge in [0.15, 0.2) is 17.3 Å². The Balaban J connectivity index is 1.42. The first-order valence-corrected chi connectivity index (χ1v) is 11.1. The molecule has 1 saturated heterocycles. The zero-order valence-electron chi connectivity index (χ0n) is 19.7. The zero-order valence-corrected chi connectivity index (χ0v) is 19.7. The molecule has 1 atom stereocenters. The van der Waals surface area contributed by atoms with Crippen molar-refractivity contribution in [2.75, 3.05) is 47.1 Å². The molecule has 3 amide bonds. The largest absolute Gasteiger partial charge is 0.493 e. The molecule has 0 bridgehead atoms. The summed E-state index contributed by atoms with van der Waals surface area (Å²) in [6, 6.07) is 9.72. The number of carbonyl (C=O) groups excluding carboxylic acids is 4. The monoisotopic (exact) mass is 482 g/mol. The van der Waals surface area contributed by atoms with E-state index in [-0.39, 0.29) is 49.5 Å². The second-order valence-corrected chi connectivity index (χ2v) is 8.12. The van der Waals surface area contributed by atoms with Crippen LogP contribution in [0.4, 0.5) is 0 Å². The number of carbonyl (C=O) groups is 4. The van der Waals surface area contributed by atoms with E-state index in [1.165, 1.54) is 26.0 Å². The molecule has 1 fully saturated rings. The van der Waals surface area contributed by atoms with Gasteiger partial charge in [-0.15, -0.1) is 0 Å². The van der Waals surface area contributed by atoms with E-state index in [0.29, 0.717) is 29.0 Å². The second-order valence-electron chi connectivity index (χ2n) is 8.12. The Bertz CT molecular complexity index is 1140. The lowest BCUT2D eigenvalue weighted by molar-refractivity contribution is -0.140. The maximum absolute atomic E-state index is 12.9. The van der Waals surface area contributed by atoms with E-state index < -0.39 is 17.9 Å². The number of ketones is 1. The van der Waals surface area contributed by atoms with Crippen LogP contribution in [-0.2, 0) is 9.53 Å². The van der Waals surface area contributed by atoms with Gasteiger partial charge in [0.1, 0.15) is 19.3 Å². The third-order valence-corrected chi connectivity index (χ3v) is 5.96. The van der Waals surface area contributed by atoms with E-state index in [9.17, 15) is 19.2 Å². The van der Waals surface area contributed by atoms with Crippen molar-refractivity contribution in [3.05, 3.63) is 53.1 Å². The number of methoxy groups -OCH3 is 2. The number of fused-ring (bicyclic) bond motifs is 1. The summed E-state index contributed by atoms with van der Waals surface area (Å²) >= 11 is 0. The highest BCUT2D eigenvalue weighted by Gasteiger charge is 2.37. The molecule has 0 aromatic heterocycles. The summed E-state index contributed by atoms with van der Waals surface area (Å²) in [5, 5.41) is 0. The number of hydrogen-bond donors (Lipinski definition) is 0. The maximum atomic E-state index is 12.9. The molecule has 10 nitrogen and oxygen atoms in total. The molecule has 1 unspecified atom stereocenters. The first-order chi connectivity index (χ1) is 16.8. The molecule has 2 aliphatic heterocycles. The van der Waals surface area contributed by atoms with E-state index >= 15 is 0 Å². The fraction of sp³-hybridized carbons (Fsp3) is 0.360. The molecule has 0 saturated carbocycles. The maximum Gasteiger partial charge on any atom is 0.262 e. The van der Waals surface area contributed by atoms with Crippen LogP contribution in [0.25, 0.3) is 0 Å². The third-order valence-electron chi connectivity index (χ3n) is 5.96. The van der Waals surface area contributed by atoms with Crippen molar-refractivity contribution in [3.63, 3.8) is 0 Å². The summed E-state index contributed by atoms with van der Waals surface area (Å²) in [5.41, 5.74) is 0.927. The minimum Gasteiger partial charge on any atom is -0.493 e. The van der Waals surface area contributed by atoms with Crippen molar-refractivity contribution in [2.45, 2.75) is 13.0 Å². The predicted molar refractivity (Wildman–Crippen MR) is 123 cm³/mol. The number of nitrogens with zero attached hydrogens (tertiary/aromatic N) is 2. The van der Waals surface area contributed by atoms with Crippen molar-refractivity contribution in [3.8, 4) is 17.2 Å². The number of ether oxygens (including phenoxy) is 4. The molecule has 0 radical (unpaired) electrons. The fourth-order valence-electron chi connectivity index (χ4n) is 4.16. The molecule has 10 heteroatoms. The van der Waals surface area contributed by atoms with E-state index in [2.05, 4.69) is 0 Å². The molecule has 2 heterocycles. The highest BCUT2D eigenvalue weighted by Crippen LogP contribution is 2.40. The molecule has 35 heavy (non-hydrogen) atoms. The number of imide groups is 1. The first-order valence-electron chi connectivity index (χ1n) is 11.1. The van der Waals surface area contributed by atoms with Gasteiger partial charge in [0.2, 0.25) is 11.7 Å². The van der Waals surface area contributed by atoms with E-state index in [1.807, 2.05) is 0 Å². The second kappa shape index (κ2) is 10.1. The smallest absolute Gasteiger partial charge is 0.262 e. The predicted octanol–water partition coefficient (Wildman–Crippen LogP) is 1.81. The normalized spacial score (nSPS) is 17.3. The lowest BCUT2D eigenvalue weighted by Gasteiger charge is -2.33. The SMILES string of the molecule is COc1ccc(C(C)=O)c(OCC2CN(C(=O)CN3C(=O)c4ccccc4C3=O)CCO2)c1OC. The van der Waals surface area contributed by atoms with Gasteiger partial charge in [0.25, 0.3) is 11.8 Å². The Kier molecular flexibility index (Phi) is 7.02. The zero-order chi connectivity index (χ0) is 25.1. The van der Waals surface area contributed by atoms with Gasteiger partial charge in [-0.2, -0.15) is 0 Å². The lowest BCUT2D eigenvalue weighted by atomic mass is 10.1. The van der Waals surface area contributed by atoms with Crippen molar-refractivity contribution in [1.82, 2.24) is 9.80 Å². The van der Waals surface area contributed by atoms with Gasteiger partial charge in [-0.05, 0) is 31.2 Å². The van der Waals surface area contributed by atoms with E-state index in [1.54, 1.807) is 36.4 Å². The Hall–Kier alpha value is -3.92. The number of Topliss-reactive ketones (excluding diaryl/α,β-unsaturated/α-hetero) is 1. The Morgan fingerprint density at radius 1 is 1.00 bits per heavy atom. The quantitative estimate of drug-likeness (QED) is 0.414. The molecule has 0 aliphatic carbocycles. The molecule has 0 spiro atoms. The summed E-state index contributed by atoms with van der Waals surface area (Å²) in [6.07, 6.45) is -0.495. The van der Waals surface area contributed by atoms with Crippen molar-refractivity contribution in [1.29, 1.82) is 0 Å². The van der Waals surface area contributed by atoms with Crippen molar-refractivity contribution >= 4 is 23.5 Å². The summed E-state index contributed by atoms with van der Waals surface area (Å²) in [6.45, 7) is 1.89.